The number of methoxy groups -OCH3 is 3. The van der Waals surface area contributed by atoms with E-state index in [9.17, 15) is 0 Å². The van der Waals surface area contributed by atoms with E-state index in [0.29, 0.717) is 17.5 Å². The SMILES string of the molecule is COc1cc(CSc2nnc(-c3cn(C)nc3OC)n2C)cc(OC)c1. The van der Waals surface area contributed by atoms with Crippen molar-refractivity contribution in [2.24, 2.45) is 14.1 Å². The maximum Gasteiger partial charge on any atom is 0.243 e. The summed E-state index contributed by atoms with van der Waals surface area (Å²) in [5, 5.41) is 13.7. The molecule has 0 aliphatic carbocycles. The van der Waals surface area contributed by atoms with Crippen molar-refractivity contribution < 1.29 is 14.2 Å². The molecule has 0 atom stereocenters. The minimum Gasteiger partial charge on any atom is -0.497 e. The van der Waals surface area contributed by atoms with Crippen LogP contribution in [-0.2, 0) is 19.8 Å². The van der Waals surface area contributed by atoms with Gasteiger partial charge < -0.3 is 18.8 Å². The summed E-state index contributed by atoms with van der Waals surface area (Å²) in [6.07, 6.45) is 1.87. The van der Waals surface area contributed by atoms with Crippen LogP contribution in [-0.4, -0.2) is 45.9 Å². The van der Waals surface area contributed by atoms with Crippen molar-refractivity contribution in [1.82, 2.24) is 24.5 Å². The van der Waals surface area contributed by atoms with E-state index < -0.39 is 0 Å². The van der Waals surface area contributed by atoms with E-state index in [1.807, 2.05) is 43.1 Å². The maximum atomic E-state index is 5.32. The topological polar surface area (TPSA) is 76.2 Å². The summed E-state index contributed by atoms with van der Waals surface area (Å²) >= 11 is 1.58. The predicted octanol–water partition coefficient (Wildman–Crippen LogP) is 2.53. The molecular formula is C17H21N5O3S. The lowest BCUT2D eigenvalue weighted by molar-refractivity contribution is 0.393. The molecule has 26 heavy (non-hydrogen) atoms. The van der Waals surface area contributed by atoms with Gasteiger partial charge in [0, 0.05) is 32.1 Å². The molecule has 3 rings (SSSR count). The van der Waals surface area contributed by atoms with Gasteiger partial charge in [0.25, 0.3) is 0 Å². The fraction of sp³-hybridized carbons (Fsp3) is 0.353. The van der Waals surface area contributed by atoms with E-state index in [0.717, 1.165) is 27.8 Å². The minimum absolute atomic E-state index is 0.525. The van der Waals surface area contributed by atoms with Gasteiger partial charge in [-0.1, -0.05) is 11.8 Å². The van der Waals surface area contributed by atoms with E-state index in [1.54, 1.807) is 37.8 Å². The number of aryl methyl sites for hydroxylation is 1. The largest absolute Gasteiger partial charge is 0.497 e. The van der Waals surface area contributed by atoms with Crippen LogP contribution in [0.5, 0.6) is 17.4 Å². The molecule has 0 unspecified atom stereocenters. The molecule has 0 bridgehead atoms. The highest BCUT2D eigenvalue weighted by Crippen LogP contribution is 2.31. The first-order chi connectivity index (χ1) is 12.5. The highest BCUT2D eigenvalue weighted by molar-refractivity contribution is 7.98. The Balaban J connectivity index is 1.81. The average Bonchev–Trinajstić information content (AvgIpc) is 3.21. The lowest BCUT2D eigenvalue weighted by Gasteiger charge is -2.08. The number of nitrogens with zero attached hydrogens (tertiary/aromatic N) is 5. The fourth-order valence-electron chi connectivity index (χ4n) is 2.54. The van der Waals surface area contributed by atoms with Crippen molar-refractivity contribution in [3.05, 3.63) is 30.0 Å². The van der Waals surface area contributed by atoms with Gasteiger partial charge in [-0.15, -0.1) is 15.3 Å². The lowest BCUT2D eigenvalue weighted by Crippen LogP contribution is -1.96. The molecule has 1 aromatic carbocycles. The standard InChI is InChI=1S/C17H21N5O3S/c1-21-9-14(16(20-21)25-5)15-18-19-17(22(15)2)26-10-11-6-12(23-3)8-13(7-11)24-4/h6-9H,10H2,1-5H3. The lowest BCUT2D eigenvalue weighted by atomic mass is 10.2. The molecule has 0 spiro atoms. The van der Waals surface area contributed by atoms with Crippen LogP contribution in [0, 0.1) is 0 Å². The van der Waals surface area contributed by atoms with Crippen LogP contribution < -0.4 is 14.2 Å². The molecular weight excluding hydrogens is 354 g/mol. The predicted molar refractivity (Wildman–Crippen MR) is 98.9 cm³/mol. The van der Waals surface area contributed by atoms with Crippen LogP contribution >= 0.6 is 11.8 Å². The number of rotatable bonds is 7. The van der Waals surface area contributed by atoms with Gasteiger partial charge in [0.15, 0.2) is 11.0 Å². The van der Waals surface area contributed by atoms with Crippen LogP contribution in [0.2, 0.25) is 0 Å². The minimum atomic E-state index is 0.525. The Hall–Kier alpha value is -2.68. The van der Waals surface area contributed by atoms with Crippen molar-refractivity contribution in [2.45, 2.75) is 10.9 Å². The number of ether oxygens (including phenoxy) is 3. The average molecular weight is 375 g/mol. The van der Waals surface area contributed by atoms with Gasteiger partial charge in [0.1, 0.15) is 17.1 Å². The summed E-state index contributed by atoms with van der Waals surface area (Å²) in [6, 6.07) is 5.82. The zero-order valence-electron chi connectivity index (χ0n) is 15.4. The zero-order chi connectivity index (χ0) is 18.7. The Morgan fingerprint density at radius 1 is 0.962 bits per heavy atom. The van der Waals surface area contributed by atoms with Gasteiger partial charge in [-0.3, -0.25) is 4.68 Å². The summed E-state index contributed by atoms with van der Waals surface area (Å²) in [5.41, 5.74) is 1.88. The summed E-state index contributed by atoms with van der Waals surface area (Å²) < 4.78 is 19.6. The normalized spacial score (nSPS) is 10.8. The molecule has 0 amide bonds. The molecule has 2 aromatic heterocycles. The van der Waals surface area contributed by atoms with Gasteiger partial charge in [0.05, 0.1) is 21.3 Å². The van der Waals surface area contributed by atoms with Gasteiger partial charge >= 0.3 is 0 Å². The highest BCUT2D eigenvalue weighted by Gasteiger charge is 2.18. The van der Waals surface area contributed by atoms with Crippen molar-refractivity contribution in [1.29, 1.82) is 0 Å². The molecule has 0 fully saturated rings. The Kier molecular flexibility index (Phi) is 5.36. The van der Waals surface area contributed by atoms with E-state index >= 15 is 0 Å². The van der Waals surface area contributed by atoms with E-state index in [-0.39, 0.29) is 0 Å². The molecule has 9 heteroatoms. The van der Waals surface area contributed by atoms with Gasteiger partial charge in [-0.05, 0) is 17.7 Å². The summed E-state index contributed by atoms with van der Waals surface area (Å²) in [7, 11) is 8.64. The van der Waals surface area contributed by atoms with Crippen molar-refractivity contribution >= 4 is 11.8 Å². The van der Waals surface area contributed by atoms with Crippen molar-refractivity contribution in [2.75, 3.05) is 21.3 Å². The molecule has 3 aromatic rings. The molecule has 8 nitrogen and oxygen atoms in total. The van der Waals surface area contributed by atoms with Gasteiger partial charge in [0.2, 0.25) is 5.88 Å². The first kappa shape index (κ1) is 18.1. The summed E-state index contributed by atoms with van der Waals surface area (Å²) in [6.45, 7) is 0. The van der Waals surface area contributed by atoms with Crippen molar-refractivity contribution in [3.63, 3.8) is 0 Å². The number of thioether (sulfide) groups is 1. The third-order valence-corrected chi connectivity index (χ3v) is 4.93. The monoisotopic (exact) mass is 375 g/mol. The summed E-state index contributed by atoms with van der Waals surface area (Å²) in [4.78, 5) is 0. The van der Waals surface area contributed by atoms with E-state index in [1.165, 1.54) is 0 Å². The quantitative estimate of drug-likeness (QED) is 0.587. The first-order valence-corrected chi connectivity index (χ1v) is 8.86. The second-order valence-corrected chi connectivity index (χ2v) is 6.54. The molecule has 0 aliphatic rings. The Labute approximate surface area is 156 Å². The van der Waals surface area contributed by atoms with Crippen LogP contribution in [0.25, 0.3) is 11.4 Å². The van der Waals surface area contributed by atoms with Gasteiger partial charge in [-0.25, -0.2) is 0 Å². The third kappa shape index (κ3) is 3.62. The van der Waals surface area contributed by atoms with Crippen LogP contribution in [0.1, 0.15) is 5.56 Å². The number of hydrogen-bond donors (Lipinski definition) is 0. The van der Waals surface area contributed by atoms with E-state index in [4.69, 9.17) is 14.2 Å². The number of benzene rings is 1. The summed E-state index contributed by atoms with van der Waals surface area (Å²) in [5.74, 6) is 3.47. The highest BCUT2D eigenvalue weighted by atomic mass is 32.2. The Bertz CT molecular complexity index is 884. The number of hydrogen-bond acceptors (Lipinski definition) is 7. The molecule has 0 saturated carbocycles. The van der Waals surface area contributed by atoms with Gasteiger partial charge in [-0.2, -0.15) is 0 Å². The molecule has 2 heterocycles. The number of aromatic nitrogens is 5. The first-order valence-electron chi connectivity index (χ1n) is 7.87. The Morgan fingerprint density at radius 3 is 2.27 bits per heavy atom. The molecule has 138 valence electrons. The van der Waals surface area contributed by atoms with Crippen LogP contribution in [0.15, 0.2) is 29.6 Å². The Morgan fingerprint density at radius 2 is 1.65 bits per heavy atom. The van der Waals surface area contributed by atoms with Crippen molar-refractivity contribution in [3.8, 4) is 28.8 Å². The zero-order valence-corrected chi connectivity index (χ0v) is 16.2. The fourth-order valence-corrected chi connectivity index (χ4v) is 3.39. The smallest absolute Gasteiger partial charge is 0.243 e. The maximum absolute atomic E-state index is 5.32. The van der Waals surface area contributed by atoms with E-state index in [2.05, 4.69) is 15.3 Å². The second-order valence-electron chi connectivity index (χ2n) is 5.60. The third-order valence-electron chi connectivity index (χ3n) is 3.84. The molecule has 0 radical (unpaired) electrons. The van der Waals surface area contributed by atoms with Crippen LogP contribution in [0.3, 0.4) is 0 Å². The molecule has 0 saturated heterocycles. The van der Waals surface area contributed by atoms with Crippen LogP contribution in [0.4, 0.5) is 0 Å². The molecule has 0 aliphatic heterocycles. The second kappa shape index (κ2) is 7.69. The molecule has 0 N–H and O–H groups in total.